The molecule has 2 heteroatoms. The summed E-state index contributed by atoms with van der Waals surface area (Å²) in [5, 5.41) is 3.46. The lowest BCUT2D eigenvalue weighted by Crippen LogP contribution is -2.18. The lowest BCUT2D eigenvalue weighted by molar-refractivity contribution is 0.317. The van der Waals surface area contributed by atoms with Crippen LogP contribution in [0.2, 0.25) is 0 Å². The first kappa shape index (κ1) is 14.1. The lowest BCUT2D eigenvalue weighted by Gasteiger charge is -2.24. The van der Waals surface area contributed by atoms with Crippen LogP contribution in [0.25, 0.3) is 0 Å². The molecule has 1 aromatic rings. The van der Waals surface area contributed by atoms with Crippen LogP contribution in [0.1, 0.15) is 56.6 Å². The normalized spacial score (nSPS) is 18.8. The van der Waals surface area contributed by atoms with Crippen LogP contribution in [0.4, 0.5) is 0 Å². The van der Waals surface area contributed by atoms with Crippen molar-refractivity contribution < 1.29 is 0 Å². The highest BCUT2D eigenvalue weighted by Crippen LogP contribution is 2.30. The molecule has 1 aliphatic rings. The van der Waals surface area contributed by atoms with Gasteiger partial charge in [-0.05, 0) is 43.5 Å². The largest absolute Gasteiger partial charge is 0.313 e. The number of hydrogen-bond donors (Lipinski definition) is 1. The van der Waals surface area contributed by atoms with Crippen LogP contribution in [0.3, 0.4) is 0 Å². The van der Waals surface area contributed by atoms with E-state index in [0.717, 1.165) is 10.4 Å². The molecule has 0 aromatic heterocycles. The van der Waals surface area contributed by atoms with E-state index in [2.05, 4.69) is 52.6 Å². The minimum Gasteiger partial charge on any atom is -0.313 e. The summed E-state index contributed by atoms with van der Waals surface area (Å²) in [5.74, 6) is 0.977. The quantitative estimate of drug-likeness (QED) is 0.800. The third-order valence-electron chi connectivity index (χ3n) is 4.21. The van der Waals surface area contributed by atoms with Gasteiger partial charge in [0.2, 0.25) is 0 Å². The summed E-state index contributed by atoms with van der Waals surface area (Å²) in [4.78, 5) is 0. The predicted molar refractivity (Wildman–Crippen MR) is 81.8 cm³/mol. The van der Waals surface area contributed by atoms with Crippen LogP contribution < -0.4 is 5.32 Å². The van der Waals surface area contributed by atoms with E-state index in [1.54, 1.807) is 0 Å². The maximum Gasteiger partial charge on any atom is 0.0317 e. The number of halogens is 1. The van der Waals surface area contributed by atoms with Crippen molar-refractivity contribution in [2.75, 3.05) is 7.05 Å². The second-order valence-corrected chi connectivity index (χ2v) is 6.39. The monoisotopic (exact) mass is 309 g/mol. The fraction of sp³-hybridized carbons (Fsp3) is 0.625. The summed E-state index contributed by atoms with van der Waals surface area (Å²) >= 11 is 3.50. The zero-order valence-electron chi connectivity index (χ0n) is 11.3. The molecule has 18 heavy (non-hydrogen) atoms. The molecule has 2 rings (SSSR count). The topological polar surface area (TPSA) is 12.0 Å². The third kappa shape index (κ3) is 4.10. The van der Waals surface area contributed by atoms with Gasteiger partial charge in [-0.15, -0.1) is 0 Å². The van der Waals surface area contributed by atoms with Crippen LogP contribution >= 0.6 is 15.9 Å². The predicted octanol–water partition coefficient (Wildman–Crippen LogP) is 5.07. The first-order valence-electron chi connectivity index (χ1n) is 7.22. The fourth-order valence-electron chi connectivity index (χ4n) is 3.05. The zero-order chi connectivity index (χ0) is 12.8. The number of benzene rings is 1. The van der Waals surface area contributed by atoms with Crippen molar-refractivity contribution in [3.8, 4) is 0 Å². The minimum absolute atomic E-state index is 0.514. The van der Waals surface area contributed by atoms with E-state index < -0.39 is 0 Å². The molecular formula is C16H24BrN. The van der Waals surface area contributed by atoms with Crippen LogP contribution in [0.5, 0.6) is 0 Å². The molecule has 0 spiro atoms. The number of nitrogens with one attached hydrogen (secondary N) is 1. The molecule has 0 saturated heterocycles. The lowest BCUT2D eigenvalue weighted by atomic mass is 9.84. The smallest absolute Gasteiger partial charge is 0.0317 e. The Balaban J connectivity index is 1.86. The van der Waals surface area contributed by atoms with Gasteiger partial charge >= 0.3 is 0 Å². The van der Waals surface area contributed by atoms with E-state index in [1.807, 2.05) is 0 Å². The Bertz CT molecular complexity index is 341. The summed E-state index contributed by atoms with van der Waals surface area (Å²) in [6, 6.07) is 9.25. The third-order valence-corrected chi connectivity index (χ3v) is 4.74. The highest BCUT2D eigenvalue weighted by Gasteiger charge is 2.16. The fourth-order valence-corrected chi connectivity index (χ4v) is 3.32. The number of rotatable bonds is 5. The average molecular weight is 310 g/mol. The Labute approximate surface area is 119 Å². The summed E-state index contributed by atoms with van der Waals surface area (Å²) in [7, 11) is 2.08. The molecule has 1 aromatic carbocycles. The highest BCUT2D eigenvalue weighted by molar-refractivity contribution is 9.10. The van der Waals surface area contributed by atoms with Gasteiger partial charge in [-0.1, -0.05) is 60.2 Å². The van der Waals surface area contributed by atoms with Crippen LogP contribution in [-0.2, 0) is 0 Å². The molecule has 100 valence electrons. The molecule has 1 atom stereocenters. The van der Waals surface area contributed by atoms with Crippen LogP contribution in [0, 0.1) is 5.92 Å². The van der Waals surface area contributed by atoms with E-state index in [0.29, 0.717) is 6.04 Å². The van der Waals surface area contributed by atoms with Crippen molar-refractivity contribution in [1.82, 2.24) is 5.32 Å². The van der Waals surface area contributed by atoms with Crippen molar-refractivity contribution in [1.29, 1.82) is 0 Å². The van der Waals surface area contributed by atoms with Gasteiger partial charge in [0.15, 0.2) is 0 Å². The molecule has 0 amide bonds. The van der Waals surface area contributed by atoms with Gasteiger partial charge < -0.3 is 5.32 Å². The van der Waals surface area contributed by atoms with Gasteiger partial charge in [0.1, 0.15) is 0 Å². The van der Waals surface area contributed by atoms with Crippen molar-refractivity contribution >= 4 is 15.9 Å². The van der Waals surface area contributed by atoms with Crippen LogP contribution in [0.15, 0.2) is 28.7 Å². The Morgan fingerprint density at radius 2 is 1.83 bits per heavy atom. The molecule has 1 fully saturated rings. The van der Waals surface area contributed by atoms with Crippen LogP contribution in [-0.4, -0.2) is 7.05 Å². The van der Waals surface area contributed by atoms with Crippen molar-refractivity contribution in [2.45, 2.75) is 51.0 Å². The minimum atomic E-state index is 0.514. The highest BCUT2D eigenvalue weighted by atomic mass is 79.9. The first-order valence-corrected chi connectivity index (χ1v) is 8.01. The van der Waals surface area contributed by atoms with Gasteiger partial charge in [-0.25, -0.2) is 0 Å². The van der Waals surface area contributed by atoms with Gasteiger partial charge in [0.05, 0.1) is 0 Å². The van der Waals surface area contributed by atoms with Gasteiger partial charge in [0.25, 0.3) is 0 Å². The Morgan fingerprint density at radius 3 is 2.44 bits per heavy atom. The van der Waals surface area contributed by atoms with Crippen molar-refractivity contribution in [2.24, 2.45) is 5.92 Å². The van der Waals surface area contributed by atoms with E-state index in [-0.39, 0.29) is 0 Å². The molecule has 1 N–H and O–H groups in total. The zero-order valence-corrected chi connectivity index (χ0v) is 12.9. The second kappa shape index (κ2) is 7.30. The Morgan fingerprint density at radius 1 is 1.17 bits per heavy atom. The summed E-state index contributed by atoms with van der Waals surface area (Å²) in [6.07, 6.45) is 9.91. The molecule has 1 saturated carbocycles. The maximum atomic E-state index is 3.50. The summed E-state index contributed by atoms with van der Waals surface area (Å²) in [6.45, 7) is 0. The molecular weight excluding hydrogens is 286 g/mol. The molecule has 1 unspecified atom stereocenters. The van der Waals surface area contributed by atoms with Gasteiger partial charge in [-0.3, -0.25) is 0 Å². The molecule has 0 aliphatic heterocycles. The van der Waals surface area contributed by atoms with E-state index in [9.17, 15) is 0 Å². The molecule has 0 bridgehead atoms. The molecule has 0 heterocycles. The standard InChI is InChI=1S/C16H24BrN/c1-18-16(14-8-10-15(17)11-9-14)12-7-13-5-3-2-4-6-13/h8-11,13,16,18H,2-7,12H2,1H3. The van der Waals surface area contributed by atoms with E-state index >= 15 is 0 Å². The molecule has 1 nitrogen and oxygen atoms in total. The van der Waals surface area contributed by atoms with E-state index in [4.69, 9.17) is 0 Å². The summed E-state index contributed by atoms with van der Waals surface area (Å²) in [5.41, 5.74) is 1.41. The average Bonchev–Trinajstić information content (AvgIpc) is 2.42. The SMILES string of the molecule is CNC(CCC1CCCCC1)c1ccc(Br)cc1. The van der Waals surface area contributed by atoms with Crippen molar-refractivity contribution in [3.05, 3.63) is 34.3 Å². The van der Waals surface area contributed by atoms with Gasteiger partial charge in [-0.2, -0.15) is 0 Å². The maximum absolute atomic E-state index is 3.50. The van der Waals surface area contributed by atoms with E-state index in [1.165, 1.54) is 50.5 Å². The van der Waals surface area contributed by atoms with Gasteiger partial charge in [0, 0.05) is 10.5 Å². The Kier molecular flexibility index (Phi) is 5.71. The first-order chi connectivity index (χ1) is 8.79. The second-order valence-electron chi connectivity index (χ2n) is 5.47. The molecule has 0 radical (unpaired) electrons. The summed E-state index contributed by atoms with van der Waals surface area (Å²) < 4.78 is 1.16. The molecule has 1 aliphatic carbocycles. The number of hydrogen-bond acceptors (Lipinski definition) is 1. The van der Waals surface area contributed by atoms with Crippen molar-refractivity contribution in [3.63, 3.8) is 0 Å². The Hall–Kier alpha value is -0.340.